The minimum Gasteiger partial charge on any atom is -0.469 e. The zero-order valence-electron chi connectivity index (χ0n) is 11.5. The molecule has 1 heterocycles. The fraction of sp³-hybridized carbons (Fsp3) is 0.769. The maximum absolute atomic E-state index is 11.2. The third-order valence-electron chi connectivity index (χ3n) is 3.48. The van der Waals surface area contributed by atoms with Crippen molar-refractivity contribution >= 4 is 5.97 Å². The Balaban J connectivity index is 2.15. The van der Waals surface area contributed by atoms with Crippen molar-refractivity contribution in [2.24, 2.45) is 0 Å². The Morgan fingerprint density at radius 2 is 2.11 bits per heavy atom. The van der Waals surface area contributed by atoms with E-state index >= 15 is 0 Å². The number of carbonyl (C=O) groups excluding carboxylic acids is 1. The van der Waals surface area contributed by atoms with Crippen molar-refractivity contribution in [3.8, 4) is 0 Å². The van der Waals surface area contributed by atoms with Gasteiger partial charge in [0.1, 0.15) is 12.0 Å². The number of hydrogen-bond acceptors (Lipinski definition) is 6. The summed E-state index contributed by atoms with van der Waals surface area (Å²) < 4.78 is 15.6. The van der Waals surface area contributed by atoms with Crippen molar-refractivity contribution in [2.75, 3.05) is 13.7 Å². The number of nitrogens with zero attached hydrogens (tertiary/aromatic N) is 2. The van der Waals surface area contributed by atoms with Crippen LogP contribution in [-0.4, -0.2) is 29.8 Å². The first-order valence-corrected chi connectivity index (χ1v) is 6.74. The van der Waals surface area contributed by atoms with Crippen molar-refractivity contribution in [3.05, 3.63) is 11.7 Å². The lowest BCUT2D eigenvalue weighted by Gasteiger charge is -2.33. The molecule has 1 saturated carbocycles. The van der Waals surface area contributed by atoms with Gasteiger partial charge in [0, 0.05) is 6.61 Å². The molecule has 1 fully saturated rings. The molecular weight excluding hydrogens is 248 g/mol. The Hall–Kier alpha value is -1.43. The van der Waals surface area contributed by atoms with Crippen molar-refractivity contribution in [3.63, 3.8) is 0 Å². The molecule has 19 heavy (non-hydrogen) atoms. The Morgan fingerprint density at radius 1 is 1.37 bits per heavy atom. The van der Waals surface area contributed by atoms with Gasteiger partial charge in [-0.25, -0.2) is 0 Å². The van der Waals surface area contributed by atoms with Crippen LogP contribution in [0.25, 0.3) is 0 Å². The topological polar surface area (TPSA) is 74.5 Å². The van der Waals surface area contributed by atoms with Gasteiger partial charge in [0.15, 0.2) is 0 Å². The molecule has 0 amide bonds. The Bertz CT molecular complexity index is 419. The highest BCUT2D eigenvalue weighted by Gasteiger charge is 2.39. The Labute approximate surface area is 112 Å². The van der Waals surface area contributed by atoms with Crippen molar-refractivity contribution in [1.82, 2.24) is 10.1 Å². The number of hydrogen-bond donors (Lipinski definition) is 0. The van der Waals surface area contributed by atoms with E-state index in [-0.39, 0.29) is 18.3 Å². The molecule has 106 valence electrons. The molecule has 1 aromatic rings. The van der Waals surface area contributed by atoms with E-state index < -0.39 is 5.60 Å². The summed E-state index contributed by atoms with van der Waals surface area (Å²) in [5.74, 6) is 0.462. The number of methoxy groups -OCH3 is 1. The van der Waals surface area contributed by atoms with Crippen LogP contribution in [0.1, 0.15) is 50.7 Å². The summed E-state index contributed by atoms with van der Waals surface area (Å²) in [5, 5.41) is 4.00. The lowest BCUT2D eigenvalue weighted by molar-refractivity contribution is -0.140. The molecule has 0 saturated heterocycles. The summed E-state index contributed by atoms with van der Waals surface area (Å²) in [6, 6.07) is 0. The summed E-state index contributed by atoms with van der Waals surface area (Å²) in [5.41, 5.74) is -0.440. The monoisotopic (exact) mass is 268 g/mol. The van der Waals surface area contributed by atoms with E-state index in [0.29, 0.717) is 12.4 Å². The number of esters is 1. The summed E-state index contributed by atoms with van der Waals surface area (Å²) in [7, 11) is 1.34. The molecule has 1 aromatic heterocycles. The van der Waals surface area contributed by atoms with Gasteiger partial charge < -0.3 is 14.0 Å². The predicted octanol–water partition coefficient (Wildman–Crippen LogP) is 1.98. The summed E-state index contributed by atoms with van der Waals surface area (Å²) in [4.78, 5) is 15.5. The quantitative estimate of drug-likeness (QED) is 0.760. The second-order valence-electron chi connectivity index (χ2n) is 4.75. The first kappa shape index (κ1) is 14.0. The fourth-order valence-electron chi connectivity index (χ4n) is 2.54. The molecule has 0 atom stereocenters. The molecule has 0 bridgehead atoms. The zero-order valence-corrected chi connectivity index (χ0v) is 11.5. The van der Waals surface area contributed by atoms with Crippen LogP contribution < -0.4 is 0 Å². The molecule has 0 radical (unpaired) electrons. The normalized spacial score (nSPS) is 18.2. The fourth-order valence-corrected chi connectivity index (χ4v) is 2.54. The lowest BCUT2D eigenvalue weighted by atomic mass is 9.84. The van der Waals surface area contributed by atoms with Crippen LogP contribution in [0.3, 0.4) is 0 Å². The molecule has 1 aliphatic carbocycles. The minimum absolute atomic E-state index is 0.00566. The van der Waals surface area contributed by atoms with Crippen LogP contribution in [0.5, 0.6) is 0 Å². The van der Waals surface area contributed by atoms with Crippen LogP contribution in [0.4, 0.5) is 0 Å². The van der Waals surface area contributed by atoms with Crippen LogP contribution in [-0.2, 0) is 26.3 Å². The van der Waals surface area contributed by atoms with Crippen molar-refractivity contribution < 1.29 is 18.8 Å². The Kier molecular flexibility index (Phi) is 4.52. The highest BCUT2D eigenvalue weighted by molar-refractivity contribution is 5.71. The van der Waals surface area contributed by atoms with Gasteiger partial charge in [0.25, 0.3) is 0 Å². The number of aromatic nitrogens is 2. The first-order valence-electron chi connectivity index (χ1n) is 6.74. The minimum atomic E-state index is -0.440. The largest absolute Gasteiger partial charge is 0.469 e. The van der Waals surface area contributed by atoms with Crippen LogP contribution >= 0.6 is 0 Å². The molecule has 0 spiro atoms. The Morgan fingerprint density at radius 3 is 2.74 bits per heavy atom. The van der Waals surface area contributed by atoms with Gasteiger partial charge in [0.2, 0.25) is 11.7 Å². The number of rotatable bonds is 5. The van der Waals surface area contributed by atoms with Crippen molar-refractivity contribution in [2.45, 2.75) is 51.0 Å². The van der Waals surface area contributed by atoms with Gasteiger partial charge in [-0.15, -0.1) is 0 Å². The van der Waals surface area contributed by atoms with Gasteiger partial charge in [0.05, 0.1) is 7.11 Å². The summed E-state index contributed by atoms with van der Waals surface area (Å²) in [6.45, 7) is 2.58. The summed E-state index contributed by atoms with van der Waals surface area (Å²) in [6.07, 6.45) is 5.21. The predicted molar refractivity (Wildman–Crippen MR) is 66.4 cm³/mol. The van der Waals surface area contributed by atoms with E-state index in [1.807, 2.05) is 6.92 Å². The van der Waals surface area contributed by atoms with E-state index in [0.717, 1.165) is 25.7 Å². The van der Waals surface area contributed by atoms with Gasteiger partial charge >= 0.3 is 5.97 Å². The highest BCUT2D eigenvalue weighted by atomic mass is 16.5. The molecule has 6 nitrogen and oxygen atoms in total. The molecule has 0 aromatic carbocycles. The van der Waals surface area contributed by atoms with Gasteiger partial charge in [-0.2, -0.15) is 4.98 Å². The molecule has 6 heteroatoms. The molecule has 1 aliphatic rings. The molecule has 0 aliphatic heterocycles. The van der Waals surface area contributed by atoms with E-state index in [9.17, 15) is 4.79 Å². The maximum atomic E-state index is 11.2. The average molecular weight is 268 g/mol. The second-order valence-corrected chi connectivity index (χ2v) is 4.75. The van der Waals surface area contributed by atoms with Crippen LogP contribution in [0.2, 0.25) is 0 Å². The number of ether oxygens (including phenoxy) is 2. The molecular formula is C13H20N2O4. The lowest BCUT2D eigenvalue weighted by Crippen LogP contribution is -2.33. The second kappa shape index (κ2) is 6.14. The van der Waals surface area contributed by atoms with E-state index in [4.69, 9.17) is 9.26 Å². The maximum Gasteiger partial charge on any atom is 0.315 e. The summed E-state index contributed by atoms with van der Waals surface area (Å²) >= 11 is 0. The van der Waals surface area contributed by atoms with E-state index in [1.165, 1.54) is 13.5 Å². The van der Waals surface area contributed by atoms with Crippen molar-refractivity contribution in [1.29, 1.82) is 0 Å². The standard InChI is InChI=1S/C13H20N2O4/c1-3-18-13(7-5-4-6-8-13)12-14-10(19-15-12)9-11(16)17-2/h3-9H2,1-2H3. The average Bonchev–Trinajstić information content (AvgIpc) is 2.89. The molecule has 2 rings (SSSR count). The van der Waals surface area contributed by atoms with Crippen LogP contribution in [0, 0.1) is 0 Å². The zero-order chi connectivity index (χ0) is 13.7. The van der Waals surface area contributed by atoms with Gasteiger partial charge in [-0.3, -0.25) is 4.79 Å². The SMILES string of the molecule is CCOC1(c2noc(CC(=O)OC)n2)CCCCC1. The highest BCUT2D eigenvalue weighted by Crippen LogP contribution is 2.39. The third-order valence-corrected chi connectivity index (χ3v) is 3.48. The third kappa shape index (κ3) is 3.12. The first-order chi connectivity index (χ1) is 9.20. The number of carbonyl (C=O) groups is 1. The van der Waals surface area contributed by atoms with E-state index in [1.54, 1.807) is 0 Å². The molecule has 0 unspecified atom stereocenters. The van der Waals surface area contributed by atoms with Gasteiger partial charge in [-0.1, -0.05) is 24.4 Å². The smallest absolute Gasteiger partial charge is 0.315 e. The van der Waals surface area contributed by atoms with E-state index in [2.05, 4.69) is 14.9 Å². The molecule has 0 N–H and O–H groups in total. The van der Waals surface area contributed by atoms with Crippen LogP contribution in [0.15, 0.2) is 4.52 Å². The van der Waals surface area contributed by atoms with Gasteiger partial charge in [-0.05, 0) is 19.8 Å².